The van der Waals surface area contributed by atoms with Gasteiger partial charge in [-0.1, -0.05) is 0 Å². The molecule has 0 radical (unpaired) electrons. The Bertz CT molecular complexity index is 351. The van der Waals surface area contributed by atoms with Crippen LogP contribution < -0.4 is 10.1 Å². The molecule has 3 nitrogen and oxygen atoms in total. The number of carbonyl (C=O) groups excluding carboxylic acids is 1. The highest BCUT2D eigenvalue weighted by Gasteiger charge is 2.10. The van der Waals surface area contributed by atoms with E-state index in [4.69, 9.17) is 0 Å². The zero-order valence-corrected chi connectivity index (χ0v) is 10.3. The first-order chi connectivity index (χ1) is 7.04. The fourth-order valence-corrected chi connectivity index (χ4v) is 2.29. The Morgan fingerprint density at radius 3 is 2.27 bits per heavy atom. The molecule has 1 aromatic rings. The molecule has 15 heavy (non-hydrogen) atoms. The van der Waals surface area contributed by atoms with E-state index >= 15 is 0 Å². The van der Waals surface area contributed by atoms with Gasteiger partial charge in [0.25, 0.3) is 0 Å². The van der Waals surface area contributed by atoms with Crippen LogP contribution in [0.3, 0.4) is 0 Å². The Labute approximate surface area is 101 Å². The Hall–Kier alpha value is -0.690. The van der Waals surface area contributed by atoms with E-state index < -0.39 is 6.61 Å². The van der Waals surface area contributed by atoms with E-state index in [0.29, 0.717) is 21.0 Å². The van der Waals surface area contributed by atoms with Crippen molar-refractivity contribution in [2.75, 3.05) is 5.32 Å². The van der Waals surface area contributed by atoms with Gasteiger partial charge in [0.15, 0.2) is 0 Å². The minimum Gasteiger partial charge on any atom is -0.435 e. The molecule has 1 amide bonds. The molecule has 1 rings (SSSR count). The zero-order valence-electron chi connectivity index (χ0n) is 7.14. The molecule has 0 atom stereocenters. The Kier molecular flexibility index (Phi) is 4.46. The summed E-state index contributed by atoms with van der Waals surface area (Å²) in [6.45, 7) is -2.88. The Morgan fingerprint density at radius 1 is 1.33 bits per heavy atom. The van der Waals surface area contributed by atoms with Crippen molar-refractivity contribution in [1.82, 2.24) is 0 Å². The molecule has 0 spiro atoms. The van der Waals surface area contributed by atoms with E-state index in [1.54, 1.807) is 0 Å². The molecular formula is C8H5Br2F2NO2. The maximum absolute atomic E-state index is 11.9. The number of hydrogen-bond acceptors (Lipinski definition) is 2. The minimum atomic E-state index is -2.88. The third-order valence-corrected chi connectivity index (χ3v) is 2.69. The number of nitrogens with one attached hydrogen (secondary N) is 1. The number of ether oxygens (including phenoxy) is 1. The average molecular weight is 345 g/mol. The summed E-state index contributed by atoms with van der Waals surface area (Å²) in [4.78, 5) is 10.2. The van der Waals surface area contributed by atoms with Gasteiger partial charge in [0.2, 0.25) is 6.41 Å². The molecule has 0 aromatic heterocycles. The van der Waals surface area contributed by atoms with Gasteiger partial charge in [0.05, 0.1) is 5.69 Å². The van der Waals surface area contributed by atoms with Gasteiger partial charge >= 0.3 is 6.61 Å². The highest BCUT2D eigenvalue weighted by atomic mass is 79.9. The highest BCUT2D eigenvalue weighted by Crippen LogP contribution is 2.35. The largest absolute Gasteiger partial charge is 0.435 e. The fraction of sp³-hybridized carbons (Fsp3) is 0.125. The van der Waals surface area contributed by atoms with Crippen molar-refractivity contribution < 1.29 is 18.3 Å². The number of benzene rings is 1. The number of rotatable bonds is 4. The molecule has 0 bridgehead atoms. The molecule has 1 aromatic carbocycles. The first-order valence-corrected chi connectivity index (χ1v) is 5.27. The van der Waals surface area contributed by atoms with Gasteiger partial charge < -0.3 is 10.1 Å². The lowest BCUT2D eigenvalue weighted by Crippen LogP contribution is -2.03. The number of amides is 1. The molecule has 7 heteroatoms. The summed E-state index contributed by atoms with van der Waals surface area (Å²) in [5, 5.41) is 2.41. The quantitative estimate of drug-likeness (QED) is 0.850. The molecule has 82 valence electrons. The van der Waals surface area contributed by atoms with Gasteiger partial charge in [0.1, 0.15) is 5.75 Å². The van der Waals surface area contributed by atoms with Gasteiger partial charge in [0, 0.05) is 8.95 Å². The van der Waals surface area contributed by atoms with E-state index in [-0.39, 0.29) is 5.75 Å². The third-order valence-electron chi connectivity index (χ3n) is 1.44. The second-order valence-electron chi connectivity index (χ2n) is 2.40. The van der Waals surface area contributed by atoms with Gasteiger partial charge in [-0.05, 0) is 44.0 Å². The Balaban J connectivity index is 3.02. The SMILES string of the molecule is O=CNc1c(Br)cc(OC(F)F)cc1Br. The van der Waals surface area contributed by atoms with Crippen LogP contribution in [0, 0.1) is 0 Å². The predicted octanol–water partition coefficient (Wildman–Crippen LogP) is 3.38. The lowest BCUT2D eigenvalue weighted by atomic mass is 10.3. The smallest absolute Gasteiger partial charge is 0.387 e. The van der Waals surface area contributed by atoms with Crippen LogP contribution >= 0.6 is 31.9 Å². The summed E-state index contributed by atoms with van der Waals surface area (Å²) in [6, 6.07) is 2.67. The van der Waals surface area contributed by atoms with E-state index in [0.717, 1.165) is 0 Å². The zero-order chi connectivity index (χ0) is 11.4. The van der Waals surface area contributed by atoms with Crippen LogP contribution in [0.5, 0.6) is 5.75 Å². The summed E-state index contributed by atoms with van der Waals surface area (Å²) in [6.07, 6.45) is 0.485. The third kappa shape index (κ3) is 3.42. The van der Waals surface area contributed by atoms with Crippen molar-refractivity contribution in [3.05, 3.63) is 21.1 Å². The molecule has 0 fully saturated rings. The maximum Gasteiger partial charge on any atom is 0.387 e. The van der Waals surface area contributed by atoms with Crippen molar-refractivity contribution in [3.8, 4) is 5.75 Å². The molecule has 0 saturated heterocycles. The van der Waals surface area contributed by atoms with E-state index in [1.807, 2.05) is 0 Å². The van der Waals surface area contributed by atoms with Crippen molar-refractivity contribution in [3.63, 3.8) is 0 Å². The Morgan fingerprint density at radius 2 is 1.87 bits per heavy atom. The van der Waals surface area contributed by atoms with Crippen molar-refractivity contribution in [1.29, 1.82) is 0 Å². The first kappa shape index (κ1) is 12.4. The van der Waals surface area contributed by atoms with Gasteiger partial charge in [-0.3, -0.25) is 4.79 Å². The van der Waals surface area contributed by atoms with Crippen molar-refractivity contribution in [2.24, 2.45) is 0 Å². The summed E-state index contributed by atoms with van der Waals surface area (Å²) < 4.78 is 28.9. The van der Waals surface area contributed by atoms with Crippen LogP contribution in [-0.4, -0.2) is 13.0 Å². The minimum absolute atomic E-state index is 0.000184. The van der Waals surface area contributed by atoms with Crippen LogP contribution in [-0.2, 0) is 4.79 Å². The summed E-state index contributed by atoms with van der Waals surface area (Å²) in [5.41, 5.74) is 0.451. The summed E-state index contributed by atoms with van der Waals surface area (Å²) in [5.74, 6) is 0.000184. The molecule has 0 heterocycles. The maximum atomic E-state index is 11.9. The first-order valence-electron chi connectivity index (χ1n) is 3.68. The topological polar surface area (TPSA) is 38.3 Å². The molecular weight excluding hydrogens is 340 g/mol. The lowest BCUT2D eigenvalue weighted by Gasteiger charge is -2.09. The monoisotopic (exact) mass is 343 g/mol. The molecule has 0 unspecified atom stereocenters. The molecule has 1 N–H and O–H groups in total. The number of alkyl halides is 2. The molecule has 0 aliphatic heterocycles. The number of hydrogen-bond donors (Lipinski definition) is 1. The number of anilines is 1. The van der Waals surface area contributed by atoms with Gasteiger partial charge in [-0.2, -0.15) is 8.78 Å². The lowest BCUT2D eigenvalue weighted by molar-refractivity contribution is -0.105. The molecule has 0 saturated carbocycles. The van der Waals surface area contributed by atoms with Crippen LogP contribution in [0.15, 0.2) is 21.1 Å². The predicted molar refractivity (Wildman–Crippen MR) is 58.2 cm³/mol. The summed E-state index contributed by atoms with van der Waals surface area (Å²) >= 11 is 6.23. The van der Waals surface area contributed by atoms with Crippen LogP contribution in [0.1, 0.15) is 0 Å². The highest BCUT2D eigenvalue weighted by molar-refractivity contribution is 9.11. The molecule has 0 aliphatic carbocycles. The fourth-order valence-electron chi connectivity index (χ4n) is 0.918. The van der Waals surface area contributed by atoms with Crippen LogP contribution in [0.2, 0.25) is 0 Å². The second kappa shape index (κ2) is 5.41. The van der Waals surface area contributed by atoms with Crippen molar-refractivity contribution in [2.45, 2.75) is 6.61 Å². The summed E-state index contributed by atoms with van der Waals surface area (Å²) in [7, 11) is 0. The molecule has 0 aliphatic rings. The van der Waals surface area contributed by atoms with Gasteiger partial charge in [-0.25, -0.2) is 0 Å². The number of carbonyl (C=O) groups is 1. The average Bonchev–Trinajstić information content (AvgIpc) is 2.10. The van der Waals surface area contributed by atoms with Crippen LogP contribution in [0.25, 0.3) is 0 Å². The van der Waals surface area contributed by atoms with E-state index in [1.165, 1.54) is 12.1 Å². The second-order valence-corrected chi connectivity index (χ2v) is 4.11. The van der Waals surface area contributed by atoms with E-state index in [9.17, 15) is 13.6 Å². The number of halogens is 4. The normalized spacial score (nSPS) is 10.2. The standard InChI is InChI=1S/C8H5Br2F2NO2/c9-5-1-4(15-8(11)12)2-6(10)7(5)13-3-14/h1-3,8H,(H,13,14). The van der Waals surface area contributed by atoms with Gasteiger partial charge in [-0.15, -0.1) is 0 Å². The van der Waals surface area contributed by atoms with Crippen LogP contribution in [0.4, 0.5) is 14.5 Å². The van der Waals surface area contributed by atoms with Crippen molar-refractivity contribution >= 4 is 44.0 Å². The van der Waals surface area contributed by atoms with E-state index in [2.05, 4.69) is 41.9 Å².